The van der Waals surface area contributed by atoms with Gasteiger partial charge in [0.1, 0.15) is 11.6 Å². The topological polar surface area (TPSA) is 74.3 Å². The molecule has 0 aromatic heterocycles. The van der Waals surface area contributed by atoms with E-state index in [4.69, 9.17) is 32.7 Å². The van der Waals surface area contributed by atoms with Gasteiger partial charge in [0, 0.05) is 29.5 Å². The van der Waals surface area contributed by atoms with Crippen LogP contribution < -0.4 is 10.2 Å². The first-order valence-corrected chi connectivity index (χ1v) is 14.2. The highest BCUT2D eigenvalue weighted by atomic mass is 35.5. The number of rotatable bonds is 11. The summed E-state index contributed by atoms with van der Waals surface area (Å²) in [4.78, 5) is 14.8. The van der Waals surface area contributed by atoms with Crippen LogP contribution in [0.3, 0.4) is 0 Å². The molecule has 2 aromatic carbocycles. The molecule has 2 fully saturated rings. The van der Waals surface area contributed by atoms with Crippen LogP contribution in [0, 0.1) is 11.7 Å². The van der Waals surface area contributed by atoms with Crippen LogP contribution in [0.25, 0.3) is 0 Å². The molecular weight excluding hydrogens is 540 g/mol. The SMILES string of the molecule is COCC(c1cc(Cl)cc(Cl)c1)N1CCC(COc2cc(F)c(C(=O)NN(O)SC)cc2C2CC2)CC1. The summed E-state index contributed by atoms with van der Waals surface area (Å²) < 4.78 is 27.0. The summed E-state index contributed by atoms with van der Waals surface area (Å²) in [5.74, 6) is -0.305. The largest absolute Gasteiger partial charge is 0.493 e. The van der Waals surface area contributed by atoms with Crippen LogP contribution >= 0.6 is 35.1 Å². The van der Waals surface area contributed by atoms with E-state index in [1.165, 1.54) is 6.07 Å². The Morgan fingerprint density at radius 1 is 1.19 bits per heavy atom. The molecule has 1 unspecified atom stereocenters. The molecule has 1 saturated heterocycles. The van der Waals surface area contributed by atoms with E-state index >= 15 is 0 Å². The maximum Gasteiger partial charge on any atom is 0.271 e. The van der Waals surface area contributed by atoms with Gasteiger partial charge in [-0.2, -0.15) is 0 Å². The molecule has 0 spiro atoms. The van der Waals surface area contributed by atoms with E-state index < -0.39 is 11.7 Å². The molecule has 1 atom stereocenters. The molecule has 1 saturated carbocycles. The molecule has 0 bridgehead atoms. The highest BCUT2D eigenvalue weighted by Crippen LogP contribution is 2.45. The number of hydrazine groups is 1. The Morgan fingerprint density at radius 3 is 2.46 bits per heavy atom. The van der Waals surface area contributed by atoms with E-state index in [1.807, 2.05) is 12.1 Å². The van der Waals surface area contributed by atoms with Crippen molar-refractivity contribution in [3.63, 3.8) is 0 Å². The number of methoxy groups -OCH3 is 1. The van der Waals surface area contributed by atoms with Crippen molar-refractivity contribution in [2.45, 2.75) is 37.6 Å². The van der Waals surface area contributed by atoms with Crippen molar-refractivity contribution in [2.24, 2.45) is 5.92 Å². The standard InChI is InChI=1S/C26H32Cl2FN3O4S/c1-35-15-24(18-9-19(27)11-20(28)10-18)31-7-5-16(6-8-31)14-36-25-13-23(29)22(12-21(25)17-3-4-17)26(33)30-32(34)37-2/h9-13,16-17,24,34H,3-8,14-15H2,1-2H3,(H,30,33). The Kier molecular flexibility index (Phi) is 9.97. The number of benzene rings is 2. The molecule has 202 valence electrons. The van der Waals surface area contributed by atoms with Gasteiger partial charge in [0.05, 0.1) is 24.8 Å². The van der Waals surface area contributed by atoms with Crippen molar-refractivity contribution in [3.05, 3.63) is 62.9 Å². The van der Waals surface area contributed by atoms with Gasteiger partial charge in [-0.15, -0.1) is 0 Å². The number of piperidine rings is 1. The van der Waals surface area contributed by atoms with Gasteiger partial charge in [-0.25, -0.2) is 4.39 Å². The summed E-state index contributed by atoms with van der Waals surface area (Å²) in [6, 6.07) is 8.50. The molecule has 37 heavy (non-hydrogen) atoms. The summed E-state index contributed by atoms with van der Waals surface area (Å²) in [7, 11) is 1.69. The molecule has 4 rings (SSSR count). The van der Waals surface area contributed by atoms with Crippen LogP contribution in [0.5, 0.6) is 5.75 Å². The number of hydrogen-bond donors (Lipinski definition) is 2. The van der Waals surface area contributed by atoms with Gasteiger partial charge >= 0.3 is 0 Å². The zero-order valence-corrected chi connectivity index (χ0v) is 23.2. The summed E-state index contributed by atoms with van der Waals surface area (Å²) >= 11 is 13.4. The highest BCUT2D eigenvalue weighted by molar-refractivity contribution is 7.96. The molecule has 2 N–H and O–H groups in total. The lowest BCUT2D eigenvalue weighted by Crippen LogP contribution is -2.39. The first-order chi connectivity index (χ1) is 17.8. The Labute approximate surface area is 231 Å². The fourth-order valence-corrected chi connectivity index (χ4v) is 5.47. The van der Waals surface area contributed by atoms with Crippen molar-refractivity contribution in [1.29, 1.82) is 0 Å². The average molecular weight is 573 g/mol. The lowest BCUT2D eigenvalue weighted by Gasteiger charge is -2.37. The second kappa shape index (κ2) is 13.0. The molecule has 7 nitrogen and oxygen atoms in total. The third-order valence-electron chi connectivity index (χ3n) is 6.89. The lowest BCUT2D eigenvalue weighted by molar-refractivity contribution is -0.0242. The van der Waals surface area contributed by atoms with Gasteiger partial charge < -0.3 is 9.47 Å². The second-order valence-electron chi connectivity index (χ2n) is 9.50. The van der Waals surface area contributed by atoms with E-state index in [2.05, 4.69) is 10.3 Å². The van der Waals surface area contributed by atoms with E-state index in [0.29, 0.717) is 39.5 Å². The van der Waals surface area contributed by atoms with E-state index in [-0.39, 0.29) is 17.5 Å². The minimum absolute atomic E-state index is 0.0540. The third kappa shape index (κ3) is 7.50. The van der Waals surface area contributed by atoms with Crippen LogP contribution in [0.1, 0.15) is 59.1 Å². The number of halogens is 3. The number of hydrogen-bond acceptors (Lipinski definition) is 7. The Morgan fingerprint density at radius 2 is 1.86 bits per heavy atom. The fraction of sp³-hybridized carbons (Fsp3) is 0.500. The smallest absolute Gasteiger partial charge is 0.271 e. The van der Waals surface area contributed by atoms with Gasteiger partial charge in [0.25, 0.3) is 5.91 Å². The van der Waals surface area contributed by atoms with Crippen molar-refractivity contribution in [2.75, 3.05) is 39.7 Å². The molecule has 2 aromatic rings. The molecule has 1 aliphatic heterocycles. The van der Waals surface area contributed by atoms with Crippen LogP contribution in [0.15, 0.2) is 30.3 Å². The molecule has 1 heterocycles. The van der Waals surface area contributed by atoms with E-state index in [0.717, 1.165) is 61.8 Å². The summed E-state index contributed by atoms with van der Waals surface area (Å²) in [5.41, 5.74) is 3.99. The number of ether oxygens (including phenoxy) is 2. The number of carbonyl (C=O) groups is 1. The van der Waals surface area contributed by atoms with Crippen molar-refractivity contribution < 1.29 is 23.9 Å². The maximum absolute atomic E-state index is 14.8. The van der Waals surface area contributed by atoms with Gasteiger partial charge in [0.2, 0.25) is 0 Å². The van der Waals surface area contributed by atoms with Crippen LogP contribution in [0.4, 0.5) is 4.39 Å². The zero-order valence-electron chi connectivity index (χ0n) is 20.9. The van der Waals surface area contributed by atoms with Crippen molar-refractivity contribution in [1.82, 2.24) is 14.9 Å². The predicted molar refractivity (Wildman–Crippen MR) is 144 cm³/mol. The predicted octanol–water partition coefficient (Wildman–Crippen LogP) is 6.10. The second-order valence-corrected chi connectivity index (χ2v) is 11.1. The Hall–Kier alpha value is -1.59. The van der Waals surface area contributed by atoms with Gasteiger partial charge in [-0.1, -0.05) is 23.2 Å². The highest BCUT2D eigenvalue weighted by Gasteiger charge is 2.31. The Bertz CT molecular complexity index is 1080. The monoisotopic (exact) mass is 571 g/mol. The summed E-state index contributed by atoms with van der Waals surface area (Å²) in [6.07, 6.45) is 5.40. The number of carbonyl (C=O) groups excluding carboxylic acids is 1. The summed E-state index contributed by atoms with van der Waals surface area (Å²) in [5, 5.41) is 10.7. The fourth-order valence-electron chi connectivity index (χ4n) is 4.75. The van der Waals surface area contributed by atoms with Gasteiger partial charge in [-0.05, 0) is 103 Å². The number of likely N-dealkylation sites (tertiary alicyclic amines) is 1. The summed E-state index contributed by atoms with van der Waals surface area (Å²) in [6.45, 7) is 2.74. The average Bonchev–Trinajstić information content (AvgIpc) is 3.71. The minimum atomic E-state index is -0.707. The first kappa shape index (κ1) is 28.4. The molecule has 2 aliphatic rings. The minimum Gasteiger partial charge on any atom is -0.493 e. The normalized spacial score (nSPS) is 17.7. The van der Waals surface area contributed by atoms with Crippen LogP contribution in [-0.2, 0) is 4.74 Å². The number of nitrogens with one attached hydrogen (secondary N) is 1. The lowest BCUT2D eigenvalue weighted by atomic mass is 9.95. The third-order valence-corrected chi connectivity index (χ3v) is 7.76. The molecule has 1 amide bonds. The van der Waals surface area contributed by atoms with Crippen LogP contribution in [-0.4, -0.2) is 60.3 Å². The van der Waals surface area contributed by atoms with Crippen molar-refractivity contribution >= 4 is 41.1 Å². The first-order valence-electron chi connectivity index (χ1n) is 12.3. The van der Waals surface area contributed by atoms with Gasteiger partial charge in [0.15, 0.2) is 0 Å². The van der Waals surface area contributed by atoms with Crippen LogP contribution in [0.2, 0.25) is 10.0 Å². The Balaban J connectivity index is 1.38. The maximum atomic E-state index is 14.8. The quantitative estimate of drug-likeness (QED) is 0.249. The molecule has 0 radical (unpaired) electrons. The zero-order chi connectivity index (χ0) is 26.5. The molecule has 11 heteroatoms. The molecular formula is C26H32Cl2FN3O4S. The van der Waals surface area contributed by atoms with E-state index in [9.17, 15) is 14.4 Å². The van der Waals surface area contributed by atoms with E-state index in [1.54, 1.807) is 25.5 Å². The molecule has 1 aliphatic carbocycles. The number of amides is 1. The number of nitrogens with zero attached hydrogens (tertiary/aromatic N) is 2. The van der Waals surface area contributed by atoms with Crippen molar-refractivity contribution in [3.8, 4) is 5.75 Å². The van der Waals surface area contributed by atoms with Gasteiger partial charge in [-0.3, -0.25) is 20.3 Å².